The molecule has 2 rings (SSSR count). The lowest BCUT2D eigenvalue weighted by Crippen LogP contribution is -2.50. The van der Waals surface area contributed by atoms with Crippen LogP contribution >= 0.6 is 23.5 Å². The molecule has 1 aromatic rings. The summed E-state index contributed by atoms with van der Waals surface area (Å²) < 4.78 is 53.4. The highest BCUT2D eigenvalue weighted by Crippen LogP contribution is 2.66. The molecule has 0 bridgehead atoms. The fraction of sp³-hybridized carbons (Fsp3) is 0.692. The first-order valence-corrected chi connectivity index (χ1v) is 13.6. The topological polar surface area (TPSA) is 250 Å². The molecule has 1 fully saturated rings. The molecule has 1 aromatic heterocycles. The third-order valence-corrected chi connectivity index (χ3v) is 8.66. The van der Waals surface area contributed by atoms with Crippen LogP contribution < -0.4 is 17.0 Å². The summed E-state index contributed by atoms with van der Waals surface area (Å²) in [5.41, 5.74) is 3.41. The fourth-order valence-electron chi connectivity index (χ4n) is 3.37. The molecule has 1 aliphatic rings. The smallest absolute Gasteiger partial charge is 0.347 e. The summed E-state index contributed by atoms with van der Waals surface area (Å²) in [6.45, 7) is 2.59. The monoisotopic (exact) mass is 523 g/mol. The number of hydrogen-bond acceptors (Lipinski definition) is 10. The Bertz CT molecular complexity index is 1080. The van der Waals surface area contributed by atoms with Crippen molar-refractivity contribution in [3.63, 3.8) is 0 Å². The SMILES string of the molecule is CC[C@H]1[C@H](n2ccc(=O)[nH]c2=O)O[C@](CC)(COP(=O)(O)OP(=O)(O)OP(=O)(O)O)[C@H]1N. The number of phosphoric acid groups is 3. The zero-order valence-electron chi connectivity index (χ0n) is 16.8. The molecule has 19 heteroatoms. The van der Waals surface area contributed by atoms with E-state index in [0.29, 0.717) is 6.42 Å². The average molecular weight is 523 g/mol. The Morgan fingerprint density at radius 3 is 2.28 bits per heavy atom. The van der Waals surface area contributed by atoms with Crippen molar-refractivity contribution in [3.05, 3.63) is 33.1 Å². The predicted molar refractivity (Wildman–Crippen MR) is 106 cm³/mol. The van der Waals surface area contributed by atoms with Gasteiger partial charge in [0.15, 0.2) is 0 Å². The number of nitrogens with zero attached hydrogens (tertiary/aromatic N) is 1. The largest absolute Gasteiger partial charge is 0.490 e. The summed E-state index contributed by atoms with van der Waals surface area (Å²) in [5.74, 6) is -0.511. The second kappa shape index (κ2) is 9.71. The number of ether oxygens (including phenoxy) is 1. The van der Waals surface area contributed by atoms with Crippen LogP contribution in [-0.4, -0.2) is 47.4 Å². The molecule has 0 spiro atoms. The lowest BCUT2D eigenvalue weighted by Gasteiger charge is -2.32. The Labute approximate surface area is 180 Å². The fourth-order valence-corrected chi connectivity index (χ4v) is 6.44. The Morgan fingerprint density at radius 1 is 1.16 bits per heavy atom. The maximum absolute atomic E-state index is 12.2. The molecule has 0 saturated carbocycles. The Hall–Kier alpha value is -0.990. The van der Waals surface area contributed by atoms with Gasteiger partial charge in [-0.2, -0.15) is 8.62 Å². The second-order valence-electron chi connectivity index (χ2n) is 6.91. The van der Waals surface area contributed by atoms with Gasteiger partial charge in [-0.25, -0.2) is 18.5 Å². The lowest BCUT2D eigenvalue weighted by atomic mass is 9.85. The first-order chi connectivity index (χ1) is 14.5. The van der Waals surface area contributed by atoms with Crippen LogP contribution in [-0.2, 0) is 31.6 Å². The first kappa shape index (κ1) is 27.3. The van der Waals surface area contributed by atoms with Crippen LogP contribution in [0.1, 0.15) is 32.9 Å². The molecule has 0 amide bonds. The molecule has 184 valence electrons. The van der Waals surface area contributed by atoms with Crippen LogP contribution in [0.15, 0.2) is 21.9 Å². The molecule has 1 aliphatic heterocycles. The standard InChI is InChI=1S/C13H24N3O13P3/c1-3-8-10(14)13(4-2,27-11(8)16-6-5-9(17)15-12(16)18)7-26-31(22,23)29-32(24,25)28-30(19,20)21/h5-6,8,10-11H,3-4,7,14H2,1-2H3,(H,22,23)(H,24,25)(H,15,17,18)(H2,19,20,21)/t8-,10+,11-,13-/m1/s1. The first-order valence-electron chi connectivity index (χ1n) is 9.08. The number of nitrogens with one attached hydrogen (secondary N) is 1. The van der Waals surface area contributed by atoms with Gasteiger partial charge in [0.2, 0.25) is 0 Å². The molecular weight excluding hydrogens is 499 g/mol. The van der Waals surface area contributed by atoms with Crippen molar-refractivity contribution in [2.45, 2.75) is 44.6 Å². The highest BCUT2D eigenvalue weighted by atomic mass is 31.3. The van der Waals surface area contributed by atoms with E-state index in [1.807, 2.05) is 0 Å². The summed E-state index contributed by atoms with van der Waals surface area (Å²) in [6, 6.07) is 0.231. The maximum atomic E-state index is 12.2. The number of aromatic nitrogens is 2. The van der Waals surface area contributed by atoms with Crippen LogP contribution in [0.4, 0.5) is 0 Å². The van der Waals surface area contributed by atoms with Crippen molar-refractivity contribution in [1.29, 1.82) is 0 Å². The average Bonchev–Trinajstić information content (AvgIpc) is 2.89. The van der Waals surface area contributed by atoms with Crippen LogP contribution in [0.5, 0.6) is 0 Å². The van der Waals surface area contributed by atoms with Crippen molar-refractivity contribution in [2.75, 3.05) is 6.61 Å². The number of rotatable bonds is 10. The van der Waals surface area contributed by atoms with Crippen LogP contribution in [0, 0.1) is 5.92 Å². The van der Waals surface area contributed by atoms with Crippen molar-refractivity contribution >= 4 is 23.5 Å². The van der Waals surface area contributed by atoms with E-state index in [0.717, 1.165) is 10.6 Å². The van der Waals surface area contributed by atoms with Gasteiger partial charge in [0.25, 0.3) is 5.56 Å². The molecule has 0 radical (unpaired) electrons. The molecule has 0 aromatic carbocycles. The van der Waals surface area contributed by atoms with E-state index in [-0.39, 0.29) is 6.42 Å². The third kappa shape index (κ3) is 6.54. The molecule has 7 N–H and O–H groups in total. The molecule has 2 unspecified atom stereocenters. The molecule has 6 atom stereocenters. The van der Waals surface area contributed by atoms with Gasteiger partial charge in [-0.1, -0.05) is 13.8 Å². The predicted octanol–water partition coefficient (Wildman–Crippen LogP) is -0.0890. The number of aromatic amines is 1. The van der Waals surface area contributed by atoms with Gasteiger partial charge in [-0.3, -0.25) is 18.9 Å². The Kier molecular flexibility index (Phi) is 8.27. The summed E-state index contributed by atoms with van der Waals surface area (Å²) in [7, 11) is -16.6. The minimum Gasteiger partial charge on any atom is -0.347 e. The highest BCUT2D eigenvalue weighted by Gasteiger charge is 2.54. The van der Waals surface area contributed by atoms with Gasteiger partial charge in [0.05, 0.1) is 6.61 Å². The van der Waals surface area contributed by atoms with E-state index in [4.69, 9.17) is 24.8 Å². The van der Waals surface area contributed by atoms with E-state index in [1.54, 1.807) is 13.8 Å². The van der Waals surface area contributed by atoms with E-state index in [1.165, 1.54) is 6.20 Å². The van der Waals surface area contributed by atoms with Crippen molar-refractivity contribution in [2.24, 2.45) is 11.7 Å². The van der Waals surface area contributed by atoms with Gasteiger partial charge < -0.3 is 30.0 Å². The quantitative estimate of drug-likeness (QED) is 0.219. The normalized spacial score (nSPS) is 30.0. The maximum Gasteiger partial charge on any atom is 0.490 e. The lowest BCUT2D eigenvalue weighted by molar-refractivity contribution is -0.107. The van der Waals surface area contributed by atoms with E-state index >= 15 is 0 Å². The van der Waals surface area contributed by atoms with Gasteiger partial charge in [0, 0.05) is 24.2 Å². The van der Waals surface area contributed by atoms with Gasteiger partial charge in [-0.05, 0) is 12.8 Å². The van der Waals surface area contributed by atoms with Crippen LogP contribution in [0.2, 0.25) is 0 Å². The number of hydrogen-bond donors (Lipinski definition) is 6. The molecule has 0 aliphatic carbocycles. The van der Waals surface area contributed by atoms with E-state index in [9.17, 15) is 33.1 Å². The summed E-state index contributed by atoms with van der Waals surface area (Å²) >= 11 is 0. The van der Waals surface area contributed by atoms with Gasteiger partial charge in [0.1, 0.15) is 11.8 Å². The van der Waals surface area contributed by atoms with Crippen molar-refractivity contribution in [1.82, 2.24) is 9.55 Å². The molecular formula is C13H24N3O13P3. The van der Waals surface area contributed by atoms with Crippen molar-refractivity contribution < 1.29 is 51.2 Å². The third-order valence-electron chi connectivity index (χ3n) is 4.87. The van der Waals surface area contributed by atoms with Crippen LogP contribution in [0.25, 0.3) is 0 Å². The molecule has 32 heavy (non-hydrogen) atoms. The number of H-pyrrole nitrogens is 1. The Morgan fingerprint density at radius 2 is 1.78 bits per heavy atom. The highest BCUT2D eigenvalue weighted by molar-refractivity contribution is 7.66. The number of phosphoric ester groups is 1. The minimum absolute atomic E-state index is 0.0923. The van der Waals surface area contributed by atoms with E-state index in [2.05, 4.69) is 13.6 Å². The van der Waals surface area contributed by atoms with Crippen molar-refractivity contribution in [3.8, 4) is 0 Å². The van der Waals surface area contributed by atoms with E-state index < -0.39 is 65.1 Å². The zero-order chi connectivity index (χ0) is 24.5. The Balaban J connectivity index is 2.26. The zero-order valence-corrected chi connectivity index (χ0v) is 19.5. The minimum atomic E-state index is -5.68. The van der Waals surface area contributed by atoms with Gasteiger partial charge >= 0.3 is 29.2 Å². The second-order valence-corrected chi connectivity index (χ2v) is 11.3. The summed E-state index contributed by atoms with van der Waals surface area (Å²) in [4.78, 5) is 61.8. The number of nitrogens with two attached hydrogens (primary N) is 1. The molecule has 16 nitrogen and oxygen atoms in total. The van der Waals surface area contributed by atoms with Gasteiger partial charge in [-0.15, -0.1) is 0 Å². The summed E-state index contributed by atoms with van der Waals surface area (Å²) in [5, 5.41) is 0. The van der Waals surface area contributed by atoms with Crippen LogP contribution in [0.3, 0.4) is 0 Å². The summed E-state index contributed by atoms with van der Waals surface area (Å²) in [6.07, 6.45) is 0.711. The molecule has 2 heterocycles. The molecule has 1 saturated heterocycles.